The Hall–Kier alpha value is -1.69. The highest BCUT2D eigenvalue weighted by Crippen LogP contribution is 2.27. The van der Waals surface area contributed by atoms with Crippen molar-refractivity contribution in [3.63, 3.8) is 0 Å². The average Bonchev–Trinajstić information content (AvgIpc) is 2.70. The number of hydrogen-bond donors (Lipinski definition) is 1. The van der Waals surface area contributed by atoms with Crippen LogP contribution in [0.25, 0.3) is 0 Å². The molecular formula is C23H28Cl2N2O2S. The second-order valence-corrected chi connectivity index (χ2v) is 9.09. The summed E-state index contributed by atoms with van der Waals surface area (Å²) in [7, 11) is 0. The van der Waals surface area contributed by atoms with E-state index < -0.39 is 6.04 Å². The SMILES string of the molecule is CC[C@@H](C(=O)NC(C)C)N(Cc1c(Cl)cccc1Cl)C(=O)CSCc1ccccc1. The molecular weight excluding hydrogens is 439 g/mol. The molecule has 0 aromatic heterocycles. The van der Waals surface area contributed by atoms with Gasteiger partial charge in [0.1, 0.15) is 6.04 Å². The average molecular weight is 467 g/mol. The van der Waals surface area contributed by atoms with Crippen LogP contribution in [-0.2, 0) is 21.9 Å². The lowest BCUT2D eigenvalue weighted by Gasteiger charge is -2.31. The van der Waals surface area contributed by atoms with Gasteiger partial charge in [-0.2, -0.15) is 0 Å². The van der Waals surface area contributed by atoms with Crippen molar-refractivity contribution in [3.05, 3.63) is 69.7 Å². The van der Waals surface area contributed by atoms with Crippen molar-refractivity contribution in [2.24, 2.45) is 0 Å². The van der Waals surface area contributed by atoms with Gasteiger partial charge in [-0.25, -0.2) is 0 Å². The van der Waals surface area contributed by atoms with Crippen LogP contribution < -0.4 is 5.32 Å². The molecule has 0 aliphatic rings. The van der Waals surface area contributed by atoms with Gasteiger partial charge in [0.25, 0.3) is 0 Å². The van der Waals surface area contributed by atoms with Crippen LogP contribution >= 0.6 is 35.0 Å². The molecule has 0 aliphatic carbocycles. The minimum Gasteiger partial charge on any atom is -0.352 e. The van der Waals surface area contributed by atoms with Gasteiger partial charge in [0.2, 0.25) is 11.8 Å². The third-order valence-electron chi connectivity index (χ3n) is 4.54. The molecule has 1 N–H and O–H groups in total. The van der Waals surface area contributed by atoms with Crippen molar-refractivity contribution >= 4 is 46.8 Å². The summed E-state index contributed by atoms with van der Waals surface area (Å²) >= 11 is 14.2. The first kappa shape index (κ1) is 24.6. The second kappa shape index (κ2) is 12.2. The summed E-state index contributed by atoms with van der Waals surface area (Å²) in [5.41, 5.74) is 1.80. The number of amides is 2. The zero-order valence-corrected chi connectivity index (χ0v) is 19.9. The van der Waals surface area contributed by atoms with Crippen molar-refractivity contribution in [2.75, 3.05) is 5.75 Å². The molecule has 0 radical (unpaired) electrons. The lowest BCUT2D eigenvalue weighted by molar-refractivity contribution is -0.139. The molecule has 0 saturated heterocycles. The number of rotatable bonds is 10. The van der Waals surface area contributed by atoms with Crippen molar-refractivity contribution in [3.8, 4) is 0 Å². The van der Waals surface area contributed by atoms with Gasteiger partial charge in [0, 0.05) is 33.9 Å². The van der Waals surface area contributed by atoms with Gasteiger partial charge >= 0.3 is 0 Å². The number of thioether (sulfide) groups is 1. The summed E-state index contributed by atoms with van der Waals surface area (Å²) in [6, 6.07) is 14.6. The number of carbonyl (C=O) groups is 2. The van der Waals surface area contributed by atoms with Crippen molar-refractivity contribution < 1.29 is 9.59 Å². The van der Waals surface area contributed by atoms with E-state index in [0.29, 0.717) is 22.0 Å². The molecule has 7 heteroatoms. The van der Waals surface area contributed by atoms with Gasteiger partial charge in [0.15, 0.2) is 0 Å². The van der Waals surface area contributed by atoms with Crippen LogP contribution in [0, 0.1) is 0 Å². The molecule has 2 aromatic carbocycles. The Morgan fingerprint density at radius 1 is 1.03 bits per heavy atom. The Balaban J connectivity index is 2.20. The van der Waals surface area contributed by atoms with Crippen LogP contribution in [0.2, 0.25) is 10.0 Å². The molecule has 0 aliphatic heterocycles. The Bertz CT molecular complexity index is 826. The Labute approximate surface area is 193 Å². The molecule has 0 spiro atoms. The fourth-order valence-electron chi connectivity index (χ4n) is 3.07. The van der Waals surface area contributed by atoms with Crippen LogP contribution in [0.3, 0.4) is 0 Å². The van der Waals surface area contributed by atoms with Gasteiger partial charge in [0.05, 0.1) is 5.75 Å². The smallest absolute Gasteiger partial charge is 0.243 e. The van der Waals surface area contributed by atoms with Gasteiger partial charge < -0.3 is 10.2 Å². The maximum Gasteiger partial charge on any atom is 0.243 e. The molecule has 0 unspecified atom stereocenters. The van der Waals surface area contributed by atoms with Gasteiger partial charge in [-0.15, -0.1) is 11.8 Å². The topological polar surface area (TPSA) is 49.4 Å². The predicted molar refractivity (Wildman–Crippen MR) is 127 cm³/mol. The van der Waals surface area contributed by atoms with E-state index >= 15 is 0 Å². The minimum absolute atomic E-state index is 0.0140. The van der Waals surface area contributed by atoms with Crippen LogP contribution in [0.15, 0.2) is 48.5 Å². The summed E-state index contributed by atoms with van der Waals surface area (Å²) in [5, 5.41) is 3.89. The molecule has 4 nitrogen and oxygen atoms in total. The third kappa shape index (κ3) is 7.22. The number of benzene rings is 2. The summed E-state index contributed by atoms with van der Waals surface area (Å²) in [6.07, 6.45) is 0.496. The Morgan fingerprint density at radius 2 is 1.67 bits per heavy atom. The summed E-state index contributed by atoms with van der Waals surface area (Å²) in [5.74, 6) is 0.708. The van der Waals surface area contributed by atoms with E-state index in [1.54, 1.807) is 23.1 Å². The van der Waals surface area contributed by atoms with Crippen LogP contribution in [0.4, 0.5) is 0 Å². The highest BCUT2D eigenvalue weighted by molar-refractivity contribution is 7.99. The van der Waals surface area contributed by atoms with E-state index in [0.717, 1.165) is 11.3 Å². The molecule has 0 fully saturated rings. The van der Waals surface area contributed by atoms with Crippen LogP contribution in [0.5, 0.6) is 0 Å². The standard InChI is InChI=1S/C23H28Cl2N2O2S/c1-4-21(23(29)26-16(2)3)27(13-18-19(24)11-8-12-20(18)25)22(28)15-30-14-17-9-6-5-7-10-17/h5-12,16,21H,4,13-15H2,1-3H3,(H,26,29)/t21-/m0/s1. The molecule has 2 aromatic rings. The number of nitrogens with one attached hydrogen (secondary N) is 1. The maximum atomic E-state index is 13.2. The molecule has 2 amide bonds. The first-order valence-electron chi connectivity index (χ1n) is 9.97. The monoisotopic (exact) mass is 466 g/mol. The fourth-order valence-corrected chi connectivity index (χ4v) is 4.45. The maximum absolute atomic E-state index is 13.2. The molecule has 30 heavy (non-hydrogen) atoms. The van der Waals surface area contributed by atoms with E-state index in [9.17, 15) is 9.59 Å². The third-order valence-corrected chi connectivity index (χ3v) is 6.24. The lowest BCUT2D eigenvalue weighted by atomic mass is 10.1. The van der Waals surface area contributed by atoms with Gasteiger partial charge in [-0.05, 0) is 38.0 Å². The molecule has 0 bridgehead atoms. The van der Waals surface area contributed by atoms with Crippen molar-refractivity contribution in [1.82, 2.24) is 10.2 Å². The number of hydrogen-bond acceptors (Lipinski definition) is 3. The highest BCUT2D eigenvalue weighted by Gasteiger charge is 2.29. The molecule has 1 atom stereocenters. The summed E-state index contributed by atoms with van der Waals surface area (Å²) < 4.78 is 0. The predicted octanol–water partition coefficient (Wildman–Crippen LogP) is 5.56. The fraction of sp³-hybridized carbons (Fsp3) is 0.391. The number of halogens is 2. The van der Waals surface area contributed by atoms with Crippen LogP contribution in [0.1, 0.15) is 38.3 Å². The summed E-state index contributed by atoms with van der Waals surface area (Å²) in [4.78, 5) is 27.6. The number of nitrogens with zero attached hydrogens (tertiary/aromatic N) is 1. The zero-order valence-electron chi connectivity index (χ0n) is 17.5. The largest absolute Gasteiger partial charge is 0.352 e. The molecule has 0 heterocycles. The van der Waals surface area contributed by atoms with Crippen molar-refractivity contribution in [2.45, 2.75) is 51.6 Å². The van der Waals surface area contributed by atoms with E-state index in [-0.39, 0.29) is 30.2 Å². The van der Waals surface area contributed by atoms with E-state index in [1.807, 2.05) is 51.1 Å². The normalized spacial score (nSPS) is 11.9. The molecule has 0 saturated carbocycles. The minimum atomic E-state index is -0.593. The van der Waals surface area contributed by atoms with Crippen LogP contribution in [-0.4, -0.2) is 34.6 Å². The summed E-state index contributed by atoms with van der Waals surface area (Å²) in [6.45, 7) is 5.89. The second-order valence-electron chi connectivity index (χ2n) is 7.29. The van der Waals surface area contributed by atoms with Gasteiger partial charge in [-0.1, -0.05) is 66.5 Å². The Kier molecular flexibility index (Phi) is 10.0. The van der Waals surface area contributed by atoms with E-state index in [4.69, 9.17) is 23.2 Å². The van der Waals surface area contributed by atoms with E-state index in [1.165, 1.54) is 11.8 Å². The first-order valence-corrected chi connectivity index (χ1v) is 11.9. The Morgan fingerprint density at radius 3 is 2.23 bits per heavy atom. The lowest BCUT2D eigenvalue weighted by Crippen LogP contribution is -2.51. The van der Waals surface area contributed by atoms with Gasteiger partial charge in [-0.3, -0.25) is 9.59 Å². The first-order chi connectivity index (χ1) is 14.3. The van der Waals surface area contributed by atoms with E-state index in [2.05, 4.69) is 5.32 Å². The van der Waals surface area contributed by atoms with Crippen molar-refractivity contribution in [1.29, 1.82) is 0 Å². The zero-order chi connectivity index (χ0) is 22.1. The number of carbonyl (C=O) groups excluding carboxylic acids is 2. The molecule has 162 valence electrons. The quantitative estimate of drug-likeness (QED) is 0.498. The molecule has 2 rings (SSSR count). The highest BCUT2D eigenvalue weighted by atomic mass is 35.5.